The molecule has 1 aliphatic carbocycles. The van der Waals surface area contributed by atoms with Gasteiger partial charge in [0.15, 0.2) is 0 Å². The summed E-state index contributed by atoms with van der Waals surface area (Å²) in [5.41, 5.74) is 1.09. The van der Waals surface area contributed by atoms with Crippen LogP contribution in [0.3, 0.4) is 0 Å². The minimum absolute atomic E-state index is 0.00815. The van der Waals surface area contributed by atoms with Gasteiger partial charge >= 0.3 is 5.69 Å². The first-order valence-electron chi connectivity index (χ1n) is 13.5. The second-order valence-electron chi connectivity index (χ2n) is 10.6. The van der Waals surface area contributed by atoms with E-state index in [1.54, 1.807) is 17.9 Å². The molecule has 0 amide bonds. The molecule has 39 heavy (non-hydrogen) atoms. The van der Waals surface area contributed by atoms with E-state index >= 15 is 0 Å². The minimum Gasteiger partial charge on any atom is -0.496 e. The molecule has 4 aromatic rings. The summed E-state index contributed by atoms with van der Waals surface area (Å²) in [7, 11) is 1.64. The maximum absolute atomic E-state index is 14.2. The molecular weight excluding hydrogens is 518 g/mol. The van der Waals surface area contributed by atoms with Crippen molar-refractivity contribution in [3.8, 4) is 16.5 Å². The molecule has 1 aromatic carbocycles. The summed E-state index contributed by atoms with van der Waals surface area (Å²) in [6.07, 6.45) is 5.80. The molecule has 0 bridgehead atoms. The van der Waals surface area contributed by atoms with Gasteiger partial charge in [0.2, 0.25) is 5.89 Å². The number of ether oxygens (including phenoxy) is 3. The monoisotopic (exact) mass is 551 g/mol. The van der Waals surface area contributed by atoms with E-state index in [4.69, 9.17) is 18.6 Å². The molecular formula is C29H33N3O6S. The third-order valence-electron chi connectivity index (χ3n) is 7.94. The molecule has 0 radical (unpaired) electrons. The number of benzene rings is 1. The zero-order chi connectivity index (χ0) is 27.1. The first-order valence-corrected chi connectivity index (χ1v) is 14.3. The van der Waals surface area contributed by atoms with Crippen LogP contribution in [0.1, 0.15) is 55.9 Å². The number of oxazole rings is 1. The first kappa shape index (κ1) is 26.0. The number of thiophene rings is 1. The van der Waals surface area contributed by atoms with Crippen LogP contribution in [-0.4, -0.2) is 40.5 Å². The van der Waals surface area contributed by atoms with Crippen molar-refractivity contribution >= 4 is 21.6 Å². The van der Waals surface area contributed by atoms with Gasteiger partial charge in [-0.25, -0.2) is 9.78 Å². The Balaban J connectivity index is 1.53. The Kier molecular flexibility index (Phi) is 7.18. The van der Waals surface area contributed by atoms with Crippen molar-refractivity contribution in [1.82, 2.24) is 14.1 Å². The smallest absolute Gasteiger partial charge is 0.332 e. The van der Waals surface area contributed by atoms with E-state index in [9.17, 15) is 9.59 Å². The Bertz CT molecular complexity index is 1580. The van der Waals surface area contributed by atoms with E-state index in [1.165, 1.54) is 22.2 Å². The Labute approximate surface area is 230 Å². The van der Waals surface area contributed by atoms with Crippen molar-refractivity contribution < 1.29 is 18.6 Å². The van der Waals surface area contributed by atoms with Gasteiger partial charge in [-0.15, -0.1) is 11.3 Å². The van der Waals surface area contributed by atoms with Crippen LogP contribution in [0.5, 0.6) is 5.75 Å². The standard InChI is InChI=1S/C29H33N3O6S/c1-17-14-19(15-17)32-27(33)24-18(2)25(26-30-10-13-37-26)39-28(24)31(29(32)34)16-23(38-20-8-11-36-12-9-20)21-6-4-5-7-22(21)35-3/h4-7,10,13,17,19-20,23H,8-9,11-12,14-16H2,1-3H3/t17?,19?,23-/m0/s1. The summed E-state index contributed by atoms with van der Waals surface area (Å²) in [6.45, 7) is 5.57. The van der Waals surface area contributed by atoms with E-state index in [1.807, 2.05) is 31.2 Å². The number of nitrogens with zero attached hydrogens (tertiary/aromatic N) is 3. The Morgan fingerprint density at radius 1 is 1.18 bits per heavy atom. The quantitative estimate of drug-likeness (QED) is 0.300. The summed E-state index contributed by atoms with van der Waals surface area (Å²) in [5.74, 6) is 1.62. The lowest BCUT2D eigenvalue weighted by atomic mass is 9.81. The van der Waals surface area contributed by atoms with E-state index < -0.39 is 6.10 Å². The number of hydrogen-bond acceptors (Lipinski definition) is 8. The lowest BCUT2D eigenvalue weighted by Gasteiger charge is -2.34. The summed E-state index contributed by atoms with van der Waals surface area (Å²) in [6, 6.07) is 7.64. The van der Waals surface area contributed by atoms with Gasteiger partial charge in [0.05, 0.1) is 36.2 Å². The van der Waals surface area contributed by atoms with Crippen LogP contribution < -0.4 is 16.0 Å². The average molecular weight is 552 g/mol. The molecule has 4 heterocycles. The SMILES string of the molecule is COc1ccccc1[C@H](Cn1c(=O)n(C2CC(C)C2)c(=O)c2c(C)c(-c3ncco3)sc21)OC1CCOCC1. The molecule has 1 atom stereocenters. The third-order valence-corrected chi connectivity index (χ3v) is 9.25. The summed E-state index contributed by atoms with van der Waals surface area (Å²) >= 11 is 1.36. The average Bonchev–Trinajstić information content (AvgIpc) is 3.58. The van der Waals surface area contributed by atoms with Crippen molar-refractivity contribution in [1.29, 1.82) is 0 Å². The van der Waals surface area contributed by atoms with E-state index in [0.717, 1.165) is 41.7 Å². The Morgan fingerprint density at radius 3 is 2.64 bits per heavy atom. The van der Waals surface area contributed by atoms with E-state index in [2.05, 4.69) is 11.9 Å². The van der Waals surface area contributed by atoms with Crippen molar-refractivity contribution in [3.63, 3.8) is 0 Å². The number of aryl methyl sites for hydroxylation is 1. The van der Waals surface area contributed by atoms with Crippen LogP contribution in [0.4, 0.5) is 0 Å². The van der Waals surface area contributed by atoms with Gasteiger partial charge in [0.25, 0.3) is 5.56 Å². The van der Waals surface area contributed by atoms with Crippen LogP contribution >= 0.6 is 11.3 Å². The number of fused-ring (bicyclic) bond motifs is 1. The van der Waals surface area contributed by atoms with Crippen LogP contribution in [-0.2, 0) is 16.0 Å². The molecule has 6 rings (SSSR count). The molecule has 206 valence electrons. The molecule has 1 saturated heterocycles. The van der Waals surface area contributed by atoms with Gasteiger partial charge in [-0.05, 0) is 50.2 Å². The number of rotatable bonds is 8. The van der Waals surface area contributed by atoms with Crippen molar-refractivity contribution in [2.75, 3.05) is 20.3 Å². The van der Waals surface area contributed by atoms with Crippen LogP contribution in [0.25, 0.3) is 21.0 Å². The fourth-order valence-electron chi connectivity index (χ4n) is 5.81. The predicted molar refractivity (Wildman–Crippen MR) is 149 cm³/mol. The van der Waals surface area contributed by atoms with E-state index in [-0.39, 0.29) is 29.9 Å². The number of methoxy groups -OCH3 is 1. The highest BCUT2D eigenvalue weighted by molar-refractivity contribution is 7.22. The number of para-hydroxylation sites is 1. The fourth-order valence-corrected chi connectivity index (χ4v) is 7.06. The molecule has 0 N–H and O–H groups in total. The lowest BCUT2D eigenvalue weighted by Crippen LogP contribution is -2.46. The van der Waals surface area contributed by atoms with Crippen molar-refractivity contribution in [3.05, 3.63) is 68.7 Å². The minimum atomic E-state index is -0.469. The lowest BCUT2D eigenvalue weighted by molar-refractivity contribution is -0.0753. The molecule has 0 unspecified atom stereocenters. The number of hydrogen-bond donors (Lipinski definition) is 0. The molecule has 1 aliphatic heterocycles. The molecule has 1 saturated carbocycles. The highest BCUT2D eigenvalue weighted by Gasteiger charge is 2.33. The highest BCUT2D eigenvalue weighted by atomic mass is 32.1. The highest BCUT2D eigenvalue weighted by Crippen LogP contribution is 2.39. The van der Waals surface area contributed by atoms with Gasteiger partial charge < -0.3 is 18.6 Å². The molecule has 10 heteroatoms. The molecule has 2 fully saturated rings. The fraction of sp³-hybridized carbons (Fsp3) is 0.483. The van der Waals surface area contributed by atoms with Crippen molar-refractivity contribution in [2.24, 2.45) is 5.92 Å². The maximum Gasteiger partial charge on any atom is 0.332 e. The molecule has 2 aliphatic rings. The van der Waals surface area contributed by atoms with Gasteiger partial charge in [0.1, 0.15) is 22.9 Å². The molecule has 3 aromatic heterocycles. The van der Waals surface area contributed by atoms with Gasteiger partial charge in [0, 0.05) is 24.8 Å². The summed E-state index contributed by atoms with van der Waals surface area (Å²) in [5, 5.41) is 0.539. The zero-order valence-corrected chi connectivity index (χ0v) is 23.2. The predicted octanol–water partition coefficient (Wildman–Crippen LogP) is 5.10. The Morgan fingerprint density at radius 2 is 1.95 bits per heavy atom. The summed E-state index contributed by atoms with van der Waals surface area (Å²) < 4.78 is 26.7. The third kappa shape index (κ3) is 4.74. The van der Waals surface area contributed by atoms with E-state index in [0.29, 0.717) is 41.0 Å². The van der Waals surface area contributed by atoms with Crippen LogP contribution in [0, 0.1) is 12.8 Å². The molecule has 9 nitrogen and oxygen atoms in total. The maximum atomic E-state index is 14.2. The van der Waals surface area contributed by atoms with Crippen molar-refractivity contribution in [2.45, 2.75) is 64.3 Å². The van der Waals surface area contributed by atoms with Gasteiger partial charge in [-0.3, -0.25) is 13.9 Å². The second kappa shape index (κ2) is 10.7. The molecule has 0 spiro atoms. The largest absolute Gasteiger partial charge is 0.496 e. The number of aromatic nitrogens is 3. The Hall–Kier alpha value is -3.21. The second-order valence-corrected chi connectivity index (χ2v) is 11.5. The van der Waals surface area contributed by atoms with Crippen LogP contribution in [0.15, 0.2) is 50.7 Å². The topological polar surface area (TPSA) is 97.7 Å². The van der Waals surface area contributed by atoms with Gasteiger partial charge in [-0.1, -0.05) is 25.1 Å². The zero-order valence-electron chi connectivity index (χ0n) is 22.4. The first-order chi connectivity index (χ1) is 19.0. The normalized spacial score (nSPS) is 20.7. The van der Waals surface area contributed by atoms with Crippen LogP contribution in [0.2, 0.25) is 0 Å². The van der Waals surface area contributed by atoms with Gasteiger partial charge in [-0.2, -0.15) is 0 Å². The summed E-state index contributed by atoms with van der Waals surface area (Å²) in [4.78, 5) is 33.7.